The highest BCUT2D eigenvalue weighted by Crippen LogP contribution is 2.27. The van der Waals surface area contributed by atoms with Crippen LogP contribution in [0.3, 0.4) is 0 Å². The van der Waals surface area contributed by atoms with E-state index in [-0.39, 0.29) is 23.8 Å². The first-order valence-electron chi connectivity index (χ1n) is 10.3. The fourth-order valence-electron chi connectivity index (χ4n) is 4.00. The van der Waals surface area contributed by atoms with E-state index in [1.165, 1.54) is 23.1 Å². The number of rotatable bonds is 6. The summed E-state index contributed by atoms with van der Waals surface area (Å²) in [6.07, 6.45) is 2.86. The molecule has 0 spiro atoms. The van der Waals surface area contributed by atoms with Crippen molar-refractivity contribution in [3.05, 3.63) is 46.9 Å². The molecular formula is C22H24FN5O3. The molecule has 2 aliphatic rings. The quantitative estimate of drug-likeness (QED) is 0.704. The summed E-state index contributed by atoms with van der Waals surface area (Å²) < 4.78 is 13.5. The molecule has 8 nitrogen and oxygen atoms in total. The topological polar surface area (TPSA) is 115 Å². The lowest BCUT2D eigenvalue weighted by Gasteiger charge is -2.25. The molecule has 0 bridgehead atoms. The number of nitrogens with one attached hydrogen (secondary N) is 1. The smallest absolute Gasteiger partial charge is 0.312 e. The van der Waals surface area contributed by atoms with E-state index in [1.807, 2.05) is 6.92 Å². The fourth-order valence-corrected chi connectivity index (χ4v) is 4.00. The van der Waals surface area contributed by atoms with Gasteiger partial charge in [-0.25, -0.2) is 4.39 Å². The maximum Gasteiger partial charge on any atom is 0.312 e. The highest BCUT2D eigenvalue weighted by molar-refractivity contribution is 6.35. The van der Waals surface area contributed by atoms with E-state index in [4.69, 9.17) is 5.26 Å². The van der Waals surface area contributed by atoms with Crippen LogP contribution in [0.25, 0.3) is 0 Å². The third-order valence-corrected chi connectivity index (χ3v) is 5.79. The monoisotopic (exact) mass is 425 g/mol. The molecule has 9 heteroatoms. The maximum atomic E-state index is 13.5. The van der Waals surface area contributed by atoms with Gasteiger partial charge in [-0.3, -0.25) is 14.4 Å². The van der Waals surface area contributed by atoms with Crippen LogP contribution in [-0.4, -0.2) is 47.7 Å². The molecule has 0 saturated carbocycles. The number of hydrogen-bond donors (Lipinski definition) is 1. The summed E-state index contributed by atoms with van der Waals surface area (Å²) in [5.41, 5.74) is 1.07. The first kappa shape index (κ1) is 22.3. The molecule has 1 fully saturated rings. The van der Waals surface area contributed by atoms with Crippen LogP contribution in [0.5, 0.6) is 0 Å². The molecule has 0 aliphatic carbocycles. The minimum absolute atomic E-state index is 0.0370. The second kappa shape index (κ2) is 9.60. The number of nitriles is 1. The predicted octanol–water partition coefficient (Wildman–Crippen LogP) is 2.29. The van der Waals surface area contributed by atoms with E-state index < -0.39 is 29.6 Å². The zero-order valence-corrected chi connectivity index (χ0v) is 17.5. The summed E-state index contributed by atoms with van der Waals surface area (Å²) >= 11 is 0. The maximum absolute atomic E-state index is 13.5. The summed E-state index contributed by atoms with van der Waals surface area (Å²) in [5, 5.41) is 19.5. The normalized spacial score (nSPS) is 20.8. The summed E-state index contributed by atoms with van der Waals surface area (Å²) in [6.45, 7) is 4.39. The summed E-state index contributed by atoms with van der Waals surface area (Å²) in [7, 11) is 0. The number of carbonyl (C=O) groups excluding carboxylic acids is 3. The van der Waals surface area contributed by atoms with Gasteiger partial charge >= 0.3 is 11.8 Å². The lowest BCUT2D eigenvalue weighted by molar-refractivity contribution is -0.147. The summed E-state index contributed by atoms with van der Waals surface area (Å²) in [5.74, 6) is -2.57. The molecule has 1 aromatic rings. The van der Waals surface area contributed by atoms with Crippen LogP contribution in [0.2, 0.25) is 0 Å². The fraction of sp³-hybridized carbons (Fsp3) is 0.455. The van der Waals surface area contributed by atoms with Crippen molar-refractivity contribution in [1.82, 2.24) is 10.2 Å². The van der Waals surface area contributed by atoms with Gasteiger partial charge in [-0.15, -0.1) is 0 Å². The van der Waals surface area contributed by atoms with Gasteiger partial charge in [-0.2, -0.15) is 15.5 Å². The Labute approximate surface area is 179 Å². The van der Waals surface area contributed by atoms with Crippen molar-refractivity contribution >= 4 is 17.6 Å². The van der Waals surface area contributed by atoms with Crippen molar-refractivity contribution < 1.29 is 18.8 Å². The molecule has 162 valence electrons. The SMILES string of the molecule is CC[C@H](NC(=O)C(=O)N1CC[C@H](C(=O)Cc2ccc(F)c(C#N)c2)[C@@H]1C)C1=CCN=N1. The Morgan fingerprint density at radius 2 is 2.16 bits per heavy atom. The predicted molar refractivity (Wildman–Crippen MR) is 109 cm³/mol. The molecule has 3 rings (SSSR count). The third kappa shape index (κ3) is 4.85. The first-order valence-corrected chi connectivity index (χ1v) is 10.3. The molecular weight excluding hydrogens is 401 g/mol. The van der Waals surface area contributed by atoms with Gasteiger partial charge in [0.25, 0.3) is 0 Å². The Balaban J connectivity index is 1.61. The van der Waals surface area contributed by atoms with Gasteiger partial charge in [0.15, 0.2) is 0 Å². The lowest BCUT2D eigenvalue weighted by atomic mass is 9.92. The third-order valence-electron chi connectivity index (χ3n) is 5.79. The number of nitrogens with zero attached hydrogens (tertiary/aromatic N) is 4. The highest BCUT2D eigenvalue weighted by Gasteiger charge is 2.40. The van der Waals surface area contributed by atoms with Gasteiger partial charge in [0.05, 0.1) is 23.8 Å². The van der Waals surface area contributed by atoms with Crippen LogP contribution in [0.15, 0.2) is 40.2 Å². The second-order valence-electron chi connectivity index (χ2n) is 7.69. The zero-order valence-electron chi connectivity index (χ0n) is 17.5. The number of likely N-dealkylation sites (tertiary alicyclic amines) is 1. The van der Waals surface area contributed by atoms with E-state index in [2.05, 4.69) is 15.5 Å². The first-order chi connectivity index (χ1) is 14.8. The average molecular weight is 425 g/mol. The Kier molecular flexibility index (Phi) is 6.90. The minimum Gasteiger partial charge on any atom is -0.339 e. The van der Waals surface area contributed by atoms with Crippen molar-refractivity contribution in [1.29, 1.82) is 5.26 Å². The van der Waals surface area contributed by atoms with Crippen molar-refractivity contribution in [2.75, 3.05) is 13.1 Å². The number of halogens is 1. The molecule has 2 aliphatic heterocycles. The van der Waals surface area contributed by atoms with E-state index in [0.29, 0.717) is 37.2 Å². The van der Waals surface area contributed by atoms with Gasteiger partial charge < -0.3 is 10.2 Å². The van der Waals surface area contributed by atoms with Crippen LogP contribution in [0, 0.1) is 23.1 Å². The molecule has 3 atom stereocenters. The van der Waals surface area contributed by atoms with Gasteiger partial charge in [0.1, 0.15) is 17.7 Å². The lowest BCUT2D eigenvalue weighted by Crippen LogP contribution is -2.48. The van der Waals surface area contributed by atoms with Gasteiger partial charge in [-0.1, -0.05) is 13.0 Å². The Morgan fingerprint density at radius 1 is 1.39 bits per heavy atom. The van der Waals surface area contributed by atoms with Crippen LogP contribution in [-0.2, 0) is 20.8 Å². The van der Waals surface area contributed by atoms with Crippen LogP contribution in [0.1, 0.15) is 37.8 Å². The average Bonchev–Trinajstić information content (AvgIpc) is 3.42. The van der Waals surface area contributed by atoms with Gasteiger partial charge in [0.2, 0.25) is 0 Å². The molecule has 1 N–H and O–H groups in total. The minimum atomic E-state index is -0.730. The van der Waals surface area contributed by atoms with Crippen LogP contribution < -0.4 is 5.32 Å². The molecule has 1 saturated heterocycles. The van der Waals surface area contributed by atoms with Gasteiger partial charge in [-0.05, 0) is 43.5 Å². The van der Waals surface area contributed by atoms with Crippen LogP contribution in [0.4, 0.5) is 4.39 Å². The number of ketones is 1. The molecule has 0 aromatic heterocycles. The molecule has 0 radical (unpaired) electrons. The Bertz CT molecular complexity index is 997. The Hall–Kier alpha value is -3.41. The largest absolute Gasteiger partial charge is 0.339 e. The number of amides is 2. The molecule has 31 heavy (non-hydrogen) atoms. The van der Waals surface area contributed by atoms with Crippen molar-refractivity contribution in [2.24, 2.45) is 16.1 Å². The highest BCUT2D eigenvalue weighted by atomic mass is 19.1. The standard InChI is InChI=1S/C22H24FN5O3/c1-3-18(19-6-8-25-27-19)26-21(30)22(31)28-9-7-16(13(28)2)20(29)11-14-4-5-17(23)15(10-14)12-24/h4-6,10,13,16,18H,3,7-9,11H2,1-2H3,(H,26,30)/t13-,16-,18-/m0/s1. The molecule has 0 unspecified atom stereocenters. The second-order valence-corrected chi connectivity index (χ2v) is 7.69. The van der Waals surface area contributed by atoms with Crippen LogP contribution >= 0.6 is 0 Å². The van der Waals surface area contributed by atoms with Crippen molar-refractivity contribution in [2.45, 2.75) is 45.2 Å². The Morgan fingerprint density at radius 3 is 2.81 bits per heavy atom. The molecule has 2 heterocycles. The van der Waals surface area contributed by atoms with Crippen molar-refractivity contribution in [3.8, 4) is 6.07 Å². The molecule has 2 amide bonds. The van der Waals surface area contributed by atoms with E-state index in [9.17, 15) is 18.8 Å². The summed E-state index contributed by atoms with van der Waals surface area (Å²) in [6, 6.07) is 4.95. The summed E-state index contributed by atoms with van der Waals surface area (Å²) in [4.78, 5) is 39.5. The number of carbonyl (C=O) groups is 3. The van der Waals surface area contributed by atoms with Gasteiger partial charge in [0, 0.05) is 24.9 Å². The number of benzene rings is 1. The number of azo groups is 1. The van der Waals surface area contributed by atoms with E-state index >= 15 is 0 Å². The van der Waals surface area contributed by atoms with E-state index in [0.717, 1.165) is 0 Å². The number of Topliss-reactive ketones (excluding diaryl/α,β-unsaturated/α-hetero) is 1. The van der Waals surface area contributed by atoms with Crippen molar-refractivity contribution in [3.63, 3.8) is 0 Å². The number of hydrogen-bond acceptors (Lipinski definition) is 6. The molecule has 1 aromatic carbocycles. The van der Waals surface area contributed by atoms with E-state index in [1.54, 1.807) is 19.1 Å². The zero-order chi connectivity index (χ0) is 22.5.